The molecule has 0 aromatic rings. The van der Waals surface area contributed by atoms with Crippen LogP contribution >= 0.6 is 23.9 Å². The van der Waals surface area contributed by atoms with Crippen LogP contribution in [0.3, 0.4) is 0 Å². The van der Waals surface area contributed by atoms with Crippen LogP contribution in [0.2, 0.25) is 0 Å². The average Bonchev–Trinajstić information content (AvgIpc) is 3.10. The van der Waals surface area contributed by atoms with E-state index in [-0.39, 0.29) is 18.4 Å². The van der Waals surface area contributed by atoms with Crippen LogP contribution < -0.4 is 10.7 Å². The number of carboxylic acids is 1. The number of nitrogens with zero attached hydrogens (tertiary/aromatic N) is 1. The summed E-state index contributed by atoms with van der Waals surface area (Å²) in [7, 11) is 0. The first-order valence-electron chi connectivity index (χ1n) is 8.79. The van der Waals surface area contributed by atoms with Crippen molar-refractivity contribution < 1.29 is 14.7 Å². The lowest BCUT2D eigenvalue weighted by Gasteiger charge is -2.20. The van der Waals surface area contributed by atoms with Crippen molar-refractivity contribution in [2.45, 2.75) is 64.3 Å². The van der Waals surface area contributed by atoms with Gasteiger partial charge in [0.25, 0.3) is 0 Å². The molecule has 0 saturated carbocycles. The van der Waals surface area contributed by atoms with Crippen LogP contribution in [0.1, 0.15) is 58.3 Å². The first-order valence-corrected chi connectivity index (χ1v) is 10.6. The molecule has 1 atom stereocenters. The molecule has 6 nitrogen and oxygen atoms in total. The van der Waals surface area contributed by atoms with E-state index in [1.165, 1.54) is 49.6 Å². The van der Waals surface area contributed by atoms with Crippen molar-refractivity contribution in [3.8, 4) is 0 Å². The Labute approximate surface area is 159 Å². The summed E-state index contributed by atoms with van der Waals surface area (Å²) in [4.78, 5) is 22.9. The Balaban J connectivity index is 2.26. The van der Waals surface area contributed by atoms with Crippen molar-refractivity contribution >= 4 is 35.8 Å². The number of hydrogen-bond donors (Lipinski definition) is 3. The van der Waals surface area contributed by atoms with Gasteiger partial charge in [0.2, 0.25) is 5.91 Å². The fraction of sp³-hybridized carbons (Fsp3) is 0.647. The summed E-state index contributed by atoms with van der Waals surface area (Å²) >= 11 is 3.04. The van der Waals surface area contributed by atoms with Gasteiger partial charge in [0.05, 0.1) is 0 Å². The second kappa shape index (κ2) is 14.1. The summed E-state index contributed by atoms with van der Waals surface area (Å²) < 4.78 is 1.87. The van der Waals surface area contributed by atoms with E-state index in [1.807, 2.05) is 21.5 Å². The molecule has 0 saturated heterocycles. The molecule has 0 radical (unpaired) electrons. The number of hydrogen-bond acceptors (Lipinski definition) is 6. The van der Waals surface area contributed by atoms with Crippen LogP contribution in [-0.4, -0.2) is 32.6 Å². The zero-order valence-electron chi connectivity index (χ0n) is 14.8. The van der Waals surface area contributed by atoms with Crippen molar-refractivity contribution in [2.24, 2.45) is 0 Å². The summed E-state index contributed by atoms with van der Waals surface area (Å²) in [6, 6.07) is -0.158. The van der Waals surface area contributed by atoms with Gasteiger partial charge in [0.1, 0.15) is 0 Å². The molecule has 0 unspecified atom stereocenters. The number of carbonyl (C=O) groups is 2. The third-order valence-electron chi connectivity index (χ3n) is 3.56. The van der Waals surface area contributed by atoms with Crippen LogP contribution in [0.5, 0.6) is 0 Å². The Morgan fingerprint density at radius 1 is 1.36 bits per heavy atom. The van der Waals surface area contributed by atoms with Gasteiger partial charge in [-0.2, -0.15) is 0 Å². The number of allylic oxidation sites excluding steroid dienone is 1. The second-order valence-corrected chi connectivity index (χ2v) is 7.85. The van der Waals surface area contributed by atoms with Crippen LogP contribution in [0, 0.1) is 0 Å². The third kappa shape index (κ3) is 12.0. The molecule has 0 aromatic carbocycles. The molecule has 0 bridgehead atoms. The molecule has 142 valence electrons. The van der Waals surface area contributed by atoms with Gasteiger partial charge in [-0.25, -0.2) is 0 Å². The van der Waals surface area contributed by atoms with Gasteiger partial charge < -0.3 is 15.8 Å². The Morgan fingerprint density at radius 2 is 2.20 bits per heavy atom. The quantitative estimate of drug-likeness (QED) is 0.237. The average molecular weight is 388 g/mol. The van der Waals surface area contributed by atoms with E-state index < -0.39 is 5.97 Å². The van der Waals surface area contributed by atoms with Gasteiger partial charge in [0, 0.05) is 36.2 Å². The summed E-state index contributed by atoms with van der Waals surface area (Å²) in [6.45, 7) is 2.19. The van der Waals surface area contributed by atoms with Crippen molar-refractivity contribution in [3.05, 3.63) is 23.8 Å². The highest BCUT2D eigenvalue weighted by molar-refractivity contribution is 8.13. The highest BCUT2D eigenvalue weighted by atomic mass is 32.2. The Hall–Kier alpha value is -1.12. The molecule has 25 heavy (non-hydrogen) atoms. The molecule has 1 aliphatic heterocycles. The zero-order valence-corrected chi connectivity index (χ0v) is 16.4. The lowest BCUT2D eigenvalue weighted by molar-refractivity contribution is -0.137. The van der Waals surface area contributed by atoms with Gasteiger partial charge >= 0.3 is 5.97 Å². The van der Waals surface area contributed by atoms with E-state index in [4.69, 9.17) is 5.11 Å². The van der Waals surface area contributed by atoms with E-state index in [0.717, 1.165) is 6.42 Å². The number of unbranched alkanes of at least 4 members (excludes halogenated alkanes) is 4. The number of carbonyl (C=O) groups excluding carboxylic acids is 1. The molecule has 0 aliphatic carbocycles. The van der Waals surface area contributed by atoms with Crippen molar-refractivity contribution in [3.63, 3.8) is 0 Å². The standard InChI is InChI=1S/C17H29N3O3S2/c1-2-3-4-5-6-7-8-9-16(21)19-15(10-11-17(22)23)14-25-20-18-12-13-24-20/h7-8,12-13,15,18H,2-6,9-11,14H2,1H3,(H,19,21)(H,22,23)/t15-/m0/s1. The maximum absolute atomic E-state index is 12.1. The topological polar surface area (TPSA) is 81.7 Å². The first-order chi connectivity index (χ1) is 12.1. The molecule has 0 aromatic heterocycles. The summed E-state index contributed by atoms with van der Waals surface area (Å²) in [5.74, 6) is -0.269. The minimum Gasteiger partial charge on any atom is -0.481 e. The predicted octanol–water partition coefficient (Wildman–Crippen LogP) is 3.84. The third-order valence-corrected chi connectivity index (χ3v) is 5.58. The zero-order chi connectivity index (χ0) is 18.3. The summed E-state index contributed by atoms with van der Waals surface area (Å²) in [5.41, 5.74) is 3.03. The molecule has 1 rings (SSSR count). The Kier molecular flexibility index (Phi) is 12.4. The van der Waals surface area contributed by atoms with Crippen molar-refractivity contribution in [2.75, 3.05) is 5.75 Å². The highest BCUT2D eigenvalue weighted by Gasteiger charge is 2.16. The van der Waals surface area contributed by atoms with Gasteiger partial charge in [0.15, 0.2) is 0 Å². The molecule has 1 amide bonds. The second-order valence-electron chi connectivity index (χ2n) is 5.81. The molecule has 1 heterocycles. The lowest BCUT2D eigenvalue weighted by atomic mass is 10.1. The number of aliphatic carboxylic acids is 1. The highest BCUT2D eigenvalue weighted by Crippen LogP contribution is 2.24. The largest absolute Gasteiger partial charge is 0.481 e. The van der Waals surface area contributed by atoms with Crippen LogP contribution in [0.4, 0.5) is 0 Å². The van der Waals surface area contributed by atoms with Gasteiger partial charge in [-0.05, 0) is 43.2 Å². The smallest absolute Gasteiger partial charge is 0.303 e. The fourth-order valence-electron chi connectivity index (χ4n) is 2.21. The number of rotatable bonds is 14. The fourth-order valence-corrected chi connectivity index (χ4v) is 3.84. The maximum Gasteiger partial charge on any atom is 0.303 e. The predicted molar refractivity (Wildman–Crippen MR) is 105 cm³/mol. The molecule has 0 spiro atoms. The van der Waals surface area contributed by atoms with Gasteiger partial charge in [-0.1, -0.05) is 38.3 Å². The molecule has 1 aliphatic rings. The van der Waals surface area contributed by atoms with Crippen molar-refractivity contribution in [1.29, 1.82) is 0 Å². The number of nitrogens with one attached hydrogen (secondary N) is 2. The SMILES string of the molecule is CCCCCCC=CCC(=O)N[C@@H](CCC(=O)O)CSN1NC=CS1. The number of hydrazine groups is 1. The molecular weight excluding hydrogens is 358 g/mol. The molecular formula is C17H29N3O3S2. The normalized spacial score (nSPS) is 15.4. The monoisotopic (exact) mass is 387 g/mol. The summed E-state index contributed by atoms with van der Waals surface area (Å²) in [5, 5.41) is 13.7. The molecule has 0 fully saturated rings. The van der Waals surface area contributed by atoms with Crippen LogP contribution in [0.15, 0.2) is 23.8 Å². The molecule has 8 heteroatoms. The van der Waals surface area contributed by atoms with E-state index in [1.54, 1.807) is 0 Å². The molecule has 3 N–H and O–H groups in total. The Morgan fingerprint density at radius 3 is 2.88 bits per heavy atom. The number of amides is 1. The van der Waals surface area contributed by atoms with E-state index >= 15 is 0 Å². The van der Waals surface area contributed by atoms with Gasteiger partial charge in [-0.15, -0.1) is 3.82 Å². The van der Waals surface area contributed by atoms with Crippen LogP contribution in [-0.2, 0) is 9.59 Å². The maximum atomic E-state index is 12.1. The van der Waals surface area contributed by atoms with Crippen LogP contribution in [0.25, 0.3) is 0 Å². The first kappa shape index (κ1) is 21.9. The lowest BCUT2D eigenvalue weighted by Crippen LogP contribution is -2.37. The number of carboxylic acid groups (broad SMARTS) is 1. The minimum atomic E-state index is -0.841. The van der Waals surface area contributed by atoms with E-state index in [0.29, 0.717) is 18.6 Å². The van der Waals surface area contributed by atoms with Gasteiger partial charge in [-0.3, -0.25) is 9.59 Å². The van der Waals surface area contributed by atoms with Crippen molar-refractivity contribution in [1.82, 2.24) is 14.6 Å². The minimum absolute atomic E-state index is 0.0532. The van der Waals surface area contributed by atoms with E-state index in [2.05, 4.69) is 23.7 Å². The Bertz CT molecular complexity index is 450. The summed E-state index contributed by atoms with van der Waals surface area (Å²) in [6.07, 6.45) is 12.5. The van der Waals surface area contributed by atoms with E-state index in [9.17, 15) is 9.59 Å².